The molecule has 1 heterocycles. The zero-order valence-electron chi connectivity index (χ0n) is 10.7. The normalized spacial score (nSPS) is 10.2. The summed E-state index contributed by atoms with van der Waals surface area (Å²) in [6.07, 6.45) is 0.638. The highest BCUT2D eigenvalue weighted by atomic mass is 32.2. The second-order valence-corrected chi connectivity index (χ2v) is 5.24. The van der Waals surface area contributed by atoms with Crippen LogP contribution in [0.4, 0.5) is 0 Å². The number of nitrogens with zero attached hydrogens (tertiary/aromatic N) is 1. The minimum atomic E-state index is -0.155. The third-order valence-electron chi connectivity index (χ3n) is 2.65. The Labute approximate surface area is 116 Å². The van der Waals surface area contributed by atoms with Crippen molar-refractivity contribution in [2.45, 2.75) is 18.7 Å². The predicted octanol–water partition coefficient (Wildman–Crippen LogP) is 3.44. The lowest BCUT2D eigenvalue weighted by atomic mass is 10.2. The maximum atomic E-state index is 12.1. The molecule has 0 aliphatic rings. The number of thioether (sulfide) groups is 1. The van der Waals surface area contributed by atoms with Gasteiger partial charge in [-0.25, -0.2) is 4.98 Å². The van der Waals surface area contributed by atoms with Crippen molar-refractivity contribution >= 4 is 23.2 Å². The highest BCUT2D eigenvalue weighted by molar-refractivity contribution is 8.14. The molecule has 0 bridgehead atoms. The molecule has 1 aromatic heterocycles. The fraction of sp³-hybridized carbons (Fsp3) is 0.133. The maximum Gasteiger partial charge on any atom is 0.242 e. The van der Waals surface area contributed by atoms with E-state index < -0.39 is 0 Å². The number of rotatable bonds is 3. The average molecular weight is 271 g/mol. The van der Waals surface area contributed by atoms with Gasteiger partial charge in [0.2, 0.25) is 5.12 Å². The Morgan fingerprint density at radius 2 is 2.00 bits per heavy atom. The number of hydrogen-bond donors (Lipinski definition) is 0. The van der Waals surface area contributed by atoms with Gasteiger partial charge in [0.1, 0.15) is 11.4 Å². The van der Waals surface area contributed by atoms with Gasteiger partial charge in [-0.1, -0.05) is 18.2 Å². The van der Waals surface area contributed by atoms with E-state index in [0.29, 0.717) is 12.0 Å². The van der Waals surface area contributed by atoms with Crippen LogP contribution < -0.4 is 0 Å². The van der Waals surface area contributed by atoms with E-state index in [4.69, 9.17) is 0 Å². The molecule has 0 saturated heterocycles. The van der Waals surface area contributed by atoms with E-state index >= 15 is 0 Å². The molecule has 0 atom stereocenters. The van der Waals surface area contributed by atoms with Crippen LogP contribution in [0.1, 0.15) is 32.1 Å². The number of aryl methyl sites for hydroxylation is 2. The molecule has 0 saturated carbocycles. The van der Waals surface area contributed by atoms with Crippen molar-refractivity contribution in [3.63, 3.8) is 0 Å². The van der Waals surface area contributed by atoms with Crippen LogP contribution in [0.2, 0.25) is 0 Å². The second kappa shape index (κ2) is 5.80. The molecule has 0 amide bonds. The number of carbonyl (C=O) groups excluding carboxylic acids is 2. The van der Waals surface area contributed by atoms with Crippen LogP contribution in [-0.4, -0.2) is 16.4 Å². The Kier molecular flexibility index (Phi) is 4.12. The molecule has 0 fully saturated rings. The minimum Gasteiger partial charge on any atom is -0.296 e. The SMILES string of the molecule is Cc1ccc(C)c(SC(=O)c2cccc(C=O)n2)c1. The Balaban J connectivity index is 2.25. The summed E-state index contributed by atoms with van der Waals surface area (Å²) >= 11 is 1.14. The first-order chi connectivity index (χ1) is 9.10. The average Bonchev–Trinajstić information content (AvgIpc) is 2.43. The summed E-state index contributed by atoms with van der Waals surface area (Å²) in [4.78, 5) is 27.7. The monoisotopic (exact) mass is 271 g/mol. The van der Waals surface area contributed by atoms with Crippen LogP contribution in [-0.2, 0) is 0 Å². The summed E-state index contributed by atoms with van der Waals surface area (Å²) in [6, 6.07) is 10.8. The number of pyridine rings is 1. The molecule has 2 aromatic rings. The van der Waals surface area contributed by atoms with Gasteiger partial charge < -0.3 is 0 Å². The van der Waals surface area contributed by atoms with Crippen molar-refractivity contribution in [1.29, 1.82) is 0 Å². The van der Waals surface area contributed by atoms with Crippen LogP contribution in [0, 0.1) is 13.8 Å². The molecule has 0 unspecified atom stereocenters. The predicted molar refractivity (Wildman–Crippen MR) is 75.7 cm³/mol. The van der Waals surface area contributed by atoms with E-state index in [2.05, 4.69) is 4.98 Å². The summed E-state index contributed by atoms with van der Waals surface area (Å²) in [5, 5.41) is -0.155. The highest BCUT2D eigenvalue weighted by Gasteiger charge is 2.12. The van der Waals surface area contributed by atoms with E-state index in [9.17, 15) is 9.59 Å². The van der Waals surface area contributed by atoms with Crippen LogP contribution in [0.5, 0.6) is 0 Å². The molecule has 3 nitrogen and oxygen atoms in total. The van der Waals surface area contributed by atoms with E-state index in [-0.39, 0.29) is 10.8 Å². The second-order valence-electron chi connectivity index (χ2n) is 4.22. The molecule has 19 heavy (non-hydrogen) atoms. The van der Waals surface area contributed by atoms with Gasteiger partial charge in [0.15, 0.2) is 6.29 Å². The van der Waals surface area contributed by atoms with Crippen LogP contribution in [0.25, 0.3) is 0 Å². The molecule has 0 radical (unpaired) electrons. The summed E-state index contributed by atoms with van der Waals surface area (Å²) in [6.45, 7) is 3.95. The fourth-order valence-electron chi connectivity index (χ4n) is 1.60. The fourth-order valence-corrected chi connectivity index (χ4v) is 2.49. The summed E-state index contributed by atoms with van der Waals surface area (Å²) in [5.41, 5.74) is 2.73. The van der Waals surface area contributed by atoms with Gasteiger partial charge in [0.05, 0.1) is 0 Å². The van der Waals surface area contributed by atoms with Crippen molar-refractivity contribution in [1.82, 2.24) is 4.98 Å². The first kappa shape index (κ1) is 13.5. The van der Waals surface area contributed by atoms with Crippen molar-refractivity contribution in [2.75, 3.05) is 0 Å². The lowest BCUT2D eigenvalue weighted by Gasteiger charge is -2.05. The lowest BCUT2D eigenvalue weighted by molar-refractivity contribution is 0.108. The minimum absolute atomic E-state index is 0.155. The van der Waals surface area contributed by atoms with E-state index in [1.807, 2.05) is 32.0 Å². The van der Waals surface area contributed by atoms with Gasteiger partial charge in [-0.15, -0.1) is 0 Å². The molecule has 0 aliphatic carbocycles. The summed E-state index contributed by atoms with van der Waals surface area (Å²) in [7, 11) is 0. The quantitative estimate of drug-likeness (QED) is 0.633. The Hall–Kier alpha value is -1.94. The van der Waals surface area contributed by atoms with Crippen molar-refractivity contribution in [3.05, 3.63) is 58.9 Å². The molecule has 0 aliphatic heterocycles. The molecular formula is C15H13NO2S. The maximum absolute atomic E-state index is 12.1. The van der Waals surface area contributed by atoms with Crippen LogP contribution >= 0.6 is 11.8 Å². The molecular weight excluding hydrogens is 258 g/mol. The van der Waals surface area contributed by atoms with E-state index in [1.54, 1.807) is 18.2 Å². The first-order valence-electron chi connectivity index (χ1n) is 5.82. The zero-order chi connectivity index (χ0) is 13.8. The third kappa shape index (κ3) is 3.29. The van der Waals surface area contributed by atoms with Gasteiger partial charge in [-0.05, 0) is 54.9 Å². The largest absolute Gasteiger partial charge is 0.296 e. The Bertz CT molecular complexity index is 638. The first-order valence-corrected chi connectivity index (χ1v) is 6.63. The molecule has 2 rings (SSSR count). The Morgan fingerprint density at radius 3 is 2.74 bits per heavy atom. The van der Waals surface area contributed by atoms with E-state index in [1.165, 1.54) is 0 Å². The van der Waals surface area contributed by atoms with Gasteiger partial charge in [0.25, 0.3) is 0 Å². The third-order valence-corrected chi connectivity index (χ3v) is 3.70. The smallest absolute Gasteiger partial charge is 0.242 e. The summed E-state index contributed by atoms with van der Waals surface area (Å²) < 4.78 is 0. The van der Waals surface area contributed by atoms with Crippen molar-refractivity contribution in [3.8, 4) is 0 Å². The number of aromatic nitrogens is 1. The molecule has 96 valence electrons. The molecule has 0 N–H and O–H groups in total. The van der Waals surface area contributed by atoms with Gasteiger partial charge in [0, 0.05) is 4.90 Å². The van der Waals surface area contributed by atoms with Crippen LogP contribution in [0.15, 0.2) is 41.3 Å². The number of carbonyl (C=O) groups is 2. The number of benzene rings is 1. The topological polar surface area (TPSA) is 47.0 Å². The zero-order valence-corrected chi connectivity index (χ0v) is 11.5. The Morgan fingerprint density at radius 1 is 1.21 bits per heavy atom. The molecule has 1 aromatic carbocycles. The van der Waals surface area contributed by atoms with Gasteiger partial charge in [-0.3, -0.25) is 9.59 Å². The number of aldehydes is 1. The van der Waals surface area contributed by atoms with Crippen molar-refractivity contribution < 1.29 is 9.59 Å². The standard InChI is InChI=1S/C15H13NO2S/c1-10-6-7-11(2)14(8-10)19-15(18)13-5-3-4-12(9-17)16-13/h3-9H,1-2H3. The molecule has 4 heteroatoms. The number of hydrogen-bond acceptors (Lipinski definition) is 4. The summed E-state index contributed by atoms with van der Waals surface area (Å²) in [5.74, 6) is 0. The molecule has 0 spiro atoms. The highest BCUT2D eigenvalue weighted by Crippen LogP contribution is 2.26. The van der Waals surface area contributed by atoms with Crippen LogP contribution in [0.3, 0.4) is 0 Å². The lowest BCUT2D eigenvalue weighted by Crippen LogP contribution is -2.00. The van der Waals surface area contributed by atoms with Gasteiger partial charge in [-0.2, -0.15) is 0 Å². The van der Waals surface area contributed by atoms with Gasteiger partial charge >= 0.3 is 0 Å². The van der Waals surface area contributed by atoms with Crippen molar-refractivity contribution in [2.24, 2.45) is 0 Å². The van der Waals surface area contributed by atoms with E-state index in [0.717, 1.165) is 27.8 Å².